The van der Waals surface area contributed by atoms with Gasteiger partial charge in [0.2, 0.25) is 0 Å². The van der Waals surface area contributed by atoms with Gasteiger partial charge in [-0.15, -0.1) is 0 Å². The average Bonchev–Trinajstić information content (AvgIpc) is 3.91. The summed E-state index contributed by atoms with van der Waals surface area (Å²) in [7, 11) is 0. The van der Waals surface area contributed by atoms with Gasteiger partial charge in [-0.1, -0.05) is 146 Å². The molecular weight excluding hydrogens is 783 g/mol. The van der Waals surface area contributed by atoms with Gasteiger partial charge in [0, 0.05) is 44.4 Å². The molecule has 4 aromatic heterocycles. The molecule has 0 unspecified atom stereocenters. The van der Waals surface area contributed by atoms with Crippen LogP contribution in [0.4, 0.5) is 0 Å². The van der Waals surface area contributed by atoms with Crippen LogP contribution in [0.5, 0.6) is 0 Å². The number of nitrogens with zero attached hydrogens (tertiary/aromatic N) is 5. The van der Waals surface area contributed by atoms with Crippen LogP contribution < -0.4 is 0 Å². The lowest BCUT2D eigenvalue weighted by Gasteiger charge is -2.16. The summed E-state index contributed by atoms with van der Waals surface area (Å²) in [6.45, 7) is 0. The number of fused-ring (bicyclic) bond motifs is 8. The summed E-state index contributed by atoms with van der Waals surface area (Å²) < 4.78 is 8.73. The fourth-order valence-corrected chi connectivity index (χ4v) is 9.60. The molecule has 0 spiro atoms. The van der Waals surface area contributed by atoms with Crippen molar-refractivity contribution in [2.45, 2.75) is 0 Å². The number of aromatic nitrogens is 5. The highest BCUT2D eigenvalue weighted by atomic mass is 16.3. The summed E-state index contributed by atoms with van der Waals surface area (Å²) >= 11 is 0. The van der Waals surface area contributed by atoms with Crippen molar-refractivity contribution in [3.63, 3.8) is 0 Å². The fraction of sp³-hybridized carbons (Fsp3) is 0. The molecule has 0 aliphatic carbocycles. The molecule has 0 atom stereocenters. The van der Waals surface area contributed by atoms with E-state index in [9.17, 15) is 0 Å². The van der Waals surface area contributed by atoms with Crippen molar-refractivity contribution in [2.24, 2.45) is 0 Å². The molecule has 298 valence electrons. The van der Waals surface area contributed by atoms with Crippen molar-refractivity contribution < 1.29 is 4.42 Å². The van der Waals surface area contributed by atoms with Gasteiger partial charge >= 0.3 is 0 Å². The highest BCUT2D eigenvalue weighted by Gasteiger charge is 2.21. The molecule has 9 aromatic carbocycles. The van der Waals surface area contributed by atoms with Crippen LogP contribution in [0.15, 0.2) is 217 Å². The second kappa shape index (κ2) is 14.4. The minimum Gasteiger partial charge on any atom is -0.454 e. The lowest BCUT2D eigenvalue weighted by Crippen LogP contribution is -2.02. The minimum absolute atomic E-state index is 0.550. The average molecular weight is 818 g/mol. The molecule has 4 heterocycles. The van der Waals surface area contributed by atoms with E-state index >= 15 is 0 Å². The first-order valence-corrected chi connectivity index (χ1v) is 21.5. The monoisotopic (exact) mass is 817 g/mol. The van der Waals surface area contributed by atoms with Crippen LogP contribution in [0, 0.1) is 0 Å². The number of hydrogen-bond acceptors (Lipinski definition) is 5. The molecule has 0 aliphatic rings. The molecule has 0 saturated heterocycles. The summed E-state index contributed by atoms with van der Waals surface area (Å²) in [4.78, 5) is 20.5. The zero-order chi connectivity index (χ0) is 42.1. The standard InChI is InChI=1S/C58H35N5O/c1-3-15-36(16-4-1)42-24-13-26-51-54(42)46-23-11-12-25-49(46)63(51)50-31-30-45(43-21-9-10-22-44(43)50)58-61-56(39-28-29-47-53(35-39)64-52-27-14-32-59-55(47)52)60-57(62-58)40-33-38-19-7-8-20-41(38)48(34-40)37-17-5-2-6-18-37/h1-35H. The Kier molecular flexibility index (Phi) is 8.11. The van der Waals surface area contributed by atoms with Gasteiger partial charge in [0.1, 0.15) is 11.1 Å². The van der Waals surface area contributed by atoms with Gasteiger partial charge in [-0.05, 0) is 99.1 Å². The van der Waals surface area contributed by atoms with E-state index in [2.05, 4.69) is 192 Å². The van der Waals surface area contributed by atoms with Gasteiger partial charge < -0.3 is 8.98 Å². The molecule has 64 heavy (non-hydrogen) atoms. The maximum absolute atomic E-state index is 6.32. The molecule has 0 radical (unpaired) electrons. The van der Waals surface area contributed by atoms with Crippen molar-refractivity contribution in [2.75, 3.05) is 0 Å². The van der Waals surface area contributed by atoms with E-state index < -0.39 is 0 Å². The van der Waals surface area contributed by atoms with Gasteiger partial charge in [-0.25, -0.2) is 15.0 Å². The SMILES string of the molecule is c1ccc(-c2cc(-c3nc(-c4ccc5c(c4)oc4cccnc45)nc(-c4ccc(-n5c6ccccc6c6c(-c7ccccc7)cccc65)c5ccccc45)n3)cc3ccccc23)cc1. The predicted octanol–water partition coefficient (Wildman–Crippen LogP) is 14.9. The summed E-state index contributed by atoms with van der Waals surface area (Å²) in [6.07, 6.45) is 1.79. The number of rotatable bonds is 6. The van der Waals surface area contributed by atoms with Crippen LogP contribution in [0.3, 0.4) is 0 Å². The predicted molar refractivity (Wildman–Crippen MR) is 261 cm³/mol. The number of benzene rings is 9. The second-order valence-electron chi connectivity index (χ2n) is 16.2. The van der Waals surface area contributed by atoms with Crippen molar-refractivity contribution in [1.29, 1.82) is 0 Å². The van der Waals surface area contributed by atoms with E-state index in [1.165, 1.54) is 27.3 Å². The van der Waals surface area contributed by atoms with Gasteiger partial charge in [-0.3, -0.25) is 4.98 Å². The topological polar surface area (TPSA) is 69.6 Å². The normalized spacial score (nSPS) is 11.8. The molecule has 0 aliphatic heterocycles. The van der Waals surface area contributed by atoms with Crippen LogP contribution in [0.1, 0.15) is 0 Å². The van der Waals surface area contributed by atoms with E-state index in [-0.39, 0.29) is 0 Å². The van der Waals surface area contributed by atoms with E-state index in [0.29, 0.717) is 17.5 Å². The molecule has 0 fully saturated rings. The Bertz CT molecular complexity index is 3960. The molecular formula is C58H35N5O. The first kappa shape index (κ1) is 36.0. The second-order valence-corrected chi connectivity index (χ2v) is 16.2. The van der Waals surface area contributed by atoms with Gasteiger partial charge in [0.25, 0.3) is 0 Å². The lowest BCUT2D eigenvalue weighted by atomic mass is 9.95. The minimum atomic E-state index is 0.550. The van der Waals surface area contributed by atoms with Gasteiger partial charge in [-0.2, -0.15) is 0 Å². The first-order chi connectivity index (χ1) is 31.7. The Hall–Kier alpha value is -8.74. The largest absolute Gasteiger partial charge is 0.454 e. The smallest absolute Gasteiger partial charge is 0.164 e. The molecule has 6 heteroatoms. The molecule has 6 nitrogen and oxygen atoms in total. The number of furan rings is 1. The summed E-state index contributed by atoms with van der Waals surface area (Å²) in [5.74, 6) is 1.71. The van der Waals surface area contributed by atoms with Gasteiger partial charge in [0.15, 0.2) is 23.1 Å². The zero-order valence-electron chi connectivity index (χ0n) is 34.4. The van der Waals surface area contributed by atoms with E-state index in [1.54, 1.807) is 6.20 Å². The third kappa shape index (κ3) is 5.73. The molecule has 0 N–H and O–H groups in total. The number of pyridine rings is 1. The number of hydrogen-bond donors (Lipinski definition) is 0. The molecule has 0 amide bonds. The van der Waals surface area contributed by atoms with Crippen LogP contribution in [0.2, 0.25) is 0 Å². The lowest BCUT2D eigenvalue weighted by molar-refractivity contribution is 0.668. The van der Waals surface area contributed by atoms with Crippen molar-refractivity contribution >= 4 is 65.4 Å². The summed E-state index contributed by atoms with van der Waals surface area (Å²) in [6, 6.07) is 72.4. The van der Waals surface area contributed by atoms with Gasteiger partial charge in [0.05, 0.1) is 16.7 Å². The quantitative estimate of drug-likeness (QED) is 0.167. The van der Waals surface area contributed by atoms with Crippen LogP contribution in [-0.4, -0.2) is 24.5 Å². The molecule has 13 aromatic rings. The van der Waals surface area contributed by atoms with Crippen LogP contribution in [-0.2, 0) is 0 Å². The van der Waals surface area contributed by atoms with Crippen molar-refractivity contribution in [1.82, 2.24) is 24.5 Å². The van der Waals surface area contributed by atoms with Crippen LogP contribution in [0.25, 0.3) is 128 Å². The Morgan fingerprint density at radius 3 is 1.86 bits per heavy atom. The zero-order valence-corrected chi connectivity index (χ0v) is 34.4. The third-order valence-electron chi connectivity index (χ3n) is 12.5. The molecule has 0 saturated carbocycles. The number of para-hydroxylation sites is 1. The highest BCUT2D eigenvalue weighted by molar-refractivity contribution is 6.17. The molecule has 13 rings (SSSR count). The third-order valence-corrected chi connectivity index (χ3v) is 12.5. The maximum atomic E-state index is 6.32. The van der Waals surface area contributed by atoms with E-state index in [1.807, 2.05) is 24.3 Å². The summed E-state index contributed by atoms with van der Waals surface area (Å²) in [5, 5.41) is 7.78. The fourth-order valence-electron chi connectivity index (χ4n) is 9.60. The van der Waals surface area contributed by atoms with E-state index in [0.717, 1.165) is 82.8 Å². The maximum Gasteiger partial charge on any atom is 0.164 e. The van der Waals surface area contributed by atoms with Crippen LogP contribution >= 0.6 is 0 Å². The van der Waals surface area contributed by atoms with Crippen molar-refractivity contribution in [3.8, 4) is 62.1 Å². The Balaban J connectivity index is 1.05. The van der Waals surface area contributed by atoms with E-state index in [4.69, 9.17) is 19.4 Å². The highest BCUT2D eigenvalue weighted by Crippen LogP contribution is 2.42. The Morgan fingerprint density at radius 1 is 0.359 bits per heavy atom. The summed E-state index contributed by atoms with van der Waals surface area (Å²) in [5.41, 5.74) is 12.9. The molecule has 0 bridgehead atoms. The first-order valence-electron chi connectivity index (χ1n) is 21.5. The Morgan fingerprint density at radius 2 is 1.03 bits per heavy atom. The van der Waals surface area contributed by atoms with Crippen molar-refractivity contribution in [3.05, 3.63) is 212 Å². The Labute approximate surface area is 367 Å².